The van der Waals surface area contributed by atoms with Crippen molar-refractivity contribution in [2.24, 2.45) is 5.73 Å². The first-order chi connectivity index (χ1) is 9.19. The number of pyridine rings is 1. The van der Waals surface area contributed by atoms with Crippen LogP contribution in [0.4, 0.5) is 4.39 Å². The molecule has 2 N–H and O–H groups in total. The summed E-state index contributed by atoms with van der Waals surface area (Å²) in [7, 11) is 0. The van der Waals surface area contributed by atoms with Crippen LogP contribution >= 0.6 is 11.8 Å². The van der Waals surface area contributed by atoms with Gasteiger partial charge < -0.3 is 5.73 Å². The molecule has 0 radical (unpaired) electrons. The minimum atomic E-state index is -0.212. The molecule has 0 saturated carbocycles. The highest BCUT2D eigenvalue weighted by atomic mass is 32.2. The molecule has 0 fully saturated rings. The number of hydrogen-bond donors (Lipinski definition) is 1. The molecule has 1 aromatic carbocycles. The zero-order valence-corrected chi connectivity index (χ0v) is 11.7. The number of nitrogens with two attached hydrogens (primary N) is 1. The second-order valence-electron chi connectivity index (χ2n) is 4.41. The van der Waals surface area contributed by atoms with Crippen molar-refractivity contribution < 1.29 is 4.39 Å². The Hall–Kier alpha value is -1.39. The highest BCUT2D eigenvalue weighted by molar-refractivity contribution is 7.99. The number of benzene rings is 1. The van der Waals surface area contributed by atoms with Crippen LogP contribution in [0.1, 0.15) is 18.9 Å². The molecule has 2 aromatic rings. The Morgan fingerprint density at radius 1 is 1.32 bits per heavy atom. The van der Waals surface area contributed by atoms with Gasteiger partial charge in [0, 0.05) is 17.1 Å². The molecule has 4 heteroatoms. The zero-order valence-electron chi connectivity index (χ0n) is 10.8. The van der Waals surface area contributed by atoms with Crippen molar-refractivity contribution in [2.75, 3.05) is 0 Å². The summed E-state index contributed by atoms with van der Waals surface area (Å²) in [5.41, 5.74) is 6.82. The average molecular weight is 276 g/mol. The Morgan fingerprint density at radius 3 is 2.79 bits per heavy atom. The van der Waals surface area contributed by atoms with E-state index in [1.165, 1.54) is 11.8 Å². The van der Waals surface area contributed by atoms with Crippen molar-refractivity contribution in [3.05, 3.63) is 54.0 Å². The number of nitrogens with zero attached hydrogens (tertiary/aromatic N) is 1. The number of aromatic nitrogens is 1. The van der Waals surface area contributed by atoms with E-state index in [0.717, 1.165) is 17.0 Å². The Labute approximate surface area is 117 Å². The van der Waals surface area contributed by atoms with Gasteiger partial charge in [0.25, 0.3) is 0 Å². The van der Waals surface area contributed by atoms with Gasteiger partial charge in [0.2, 0.25) is 0 Å². The van der Waals surface area contributed by atoms with Crippen LogP contribution in [0.25, 0.3) is 0 Å². The Kier molecular flexibility index (Phi) is 4.93. The number of halogens is 1. The first-order valence-electron chi connectivity index (χ1n) is 6.32. The monoisotopic (exact) mass is 276 g/mol. The molecule has 1 atom stereocenters. The lowest BCUT2D eigenvalue weighted by atomic mass is 10.0. The topological polar surface area (TPSA) is 38.9 Å². The number of rotatable bonds is 5. The minimum Gasteiger partial charge on any atom is -0.327 e. The van der Waals surface area contributed by atoms with Gasteiger partial charge in [-0.25, -0.2) is 9.37 Å². The Morgan fingerprint density at radius 2 is 2.16 bits per heavy atom. The van der Waals surface area contributed by atoms with E-state index < -0.39 is 0 Å². The summed E-state index contributed by atoms with van der Waals surface area (Å²) in [5, 5.41) is 0.791. The largest absolute Gasteiger partial charge is 0.327 e. The fourth-order valence-electron chi connectivity index (χ4n) is 1.72. The fraction of sp³-hybridized carbons (Fsp3) is 0.267. The first-order valence-corrected chi connectivity index (χ1v) is 7.13. The van der Waals surface area contributed by atoms with Crippen LogP contribution in [-0.4, -0.2) is 11.0 Å². The number of hydrogen-bond acceptors (Lipinski definition) is 3. The summed E-state index contributed by atoms with van der Waals surface area (Å²) in [6, 6.07) is 11.0. The molecule has 19 heavy (non-hydrogen) atoms. The van der Waals surface area contributed by atoms with Crippen molar-refractivity contribution in [1.82, 2.24) is 4.98 Å². The summed E-state index contributed by atoms with van der Waals surface area (Å²) >= 11 is 1.33. The molecule has 0 saturated heterocycles. The van der Waals surface area contributed by atoms with Crippen LogP contribution < -0.4 is 5.73 Å². The fourth-order valence-corrected chi connectivity index (χ4v) is 2.50. The second-order valence-corrected chi connectivity index (χ2v) is 5.47. The Balaban J connectivity index is 2.11. The SMILES string of the molecule is CCC(N)Cc1ccc(Sc2ccccn2)c(F)c1. The molecule has 2 nitrogen and oxygen atoms in total. The smallest absolute Gasteiger partial charge is 0.137 e. The van der Waals surface area contributed by atoms with Crippen LogP contribution in [0.15, 0.2) is 52.5 Å². The lowest BCUT2D eigenvalue weighted by molar-refractivity contribution is 0.592. The molecule has 1 unspecified atom stereocenters. The van der Waals surface area contributed by atoms with Gasteiger partial charge in [0.1, 0.15) is 10.8 Å². The van der Waals surface area contributed by atoms with Crippen LogP contribution in [0.5, 0.6) is 0 Å². The molecule has 0 bridgehead atoms. The van der Waals surface area contributed by atoms with E-state index in [1.54, 1.807) is 18.3 Å². The molecule has 0 aliphatic carbocycles. The molecule has 100 valence electrons. The minimum absolute atomic E-state index is 0.0914. The van der Waals surface area contributed by atoms with Gasteiger partial charge in [-0.3, -0.25) is 0 Å². The first kappa shape index (κ1) is 14.0. The van der Waals surface area contributed by atoms with Crippen LogP contribution in [0, 0.1) is 5.82 Å². The Bertz CT molecular complexity index is 531. The lowest BCUT2D eigenvalue weighted by Gasteiger charge is -2.10. The predicted octanol–water partition coefficient (Wildman–Crippen LogP) is 3.65. The van der Waals surface area contributed by atoms with Crippen molar-refractivity contribution in [1.29, 1.82) is 0 Å². The van der Waals surface area contributed by atoms with Gasteiger partial charge in [-0.05, 0) is 42.7 Å². The van der Waals surface area contributed by atoms with E-state index >= 15 is 0 Å². The summed E-state index contributed by atoms with van der Waals surface area (Å²) in [6.07, 6.45) is 3.31. The summed E-state index contributed by atoms with van der Waals surface area (Å²) in [6.45, 7) is 2.03. The van der Waals surface area contributed by atoms with E-state index in [1.807, 2.05) is 31.2 Å². The zero-order chi connectivity index (χ0) is 13.7. The summed E-state index contributed by atoms with van der Waals surface area (Å²) in [4.78, 5) is 4.77. The van der Waals surface area contributed by atoms with Gasteiger partial charge in [0.05, 0.1) is 0 Å². The molecule has 2 rings (SSSR count). The van der Waals surface area contributed by atoms with Gasteiger partial charge in [-0.1, -0.05) is 30.8 Å². The van der Waals surface area contributed by atoms with Crippen LogP contribution in [-0.2, 0) is 6.42 Å². The molecule has 0 aliphatic heterocycles. The second kappa shape index (κ2) is 6.68. The van der Waals surface area contributed by atoms with Crippen molar-refractivity contribution in [3.8, 4) is 0 Å². The van der Waals surface area contributed by atoms with E-state index in [9.17, 15) is 4.39 Å². The predicted molar refractivity (Wildman–Crippen MR) is 76.7 cm³/mol. The standard InChI is InChI=1S/C15H17FN2S/c1-2-12(17)9-11-6-7-14(13(16)10-11)19-15-5-3-4-8-18-15/h3-8,10,12H,2,9,17H2,1H3. The maximum absolute atomic E-state index is 14.0. The third kappa shape index (κ3) is 4.04. The molecule has 0 spiro atoms. The molecule has 0 amide bonds. The van der Waals surface area contributed by atoms with E-state index in [2.05, 4.69) is 4.98 Å². The van der Waals surface area contributed by atoms with Gasteiger partial charge in [-0.15, -0.1) is 0 Å². The normalized spacial score (nSPS) is 12.4. The summed E-state index contributed by atoms with van der Waals surface area (Å²) < 4.78 is 14.0. The van der Waals surface area contributed by atoms with Gasteiger partial charge in [0.15, 0.2) is 0 Å². The third-order valence-corrected chi connectivity index (χ3v) is 3.87. The van der Waals surface area contributed by atoms with Crippen LogP contribution in [0.2, 0.25) is 0 Å². The quantitative estimate of drug-likeness (QED) is 0.906. The van der Waals surface area contributed by atoms with E-state index in [4.69, 9.17) is 5.73 Å². The van der Waals surface area contributed by atoms with E-state index in [0.29, 0.717) is 11.3 Å². The molecule has 1 aromatic heterocycles. The van der Waals surface area contributed by atoms with Crippen LogP contribution in [0.3, 0.4) is 0 Å². The maximum atomic E-state index is 14.0. The van der Waals surface area contributed by atoms with Crippen molar-refractivity contribution in [3.63, 3.8) is 0 Å². The molecule has 0 aliphatic rings. The molecule has 1 heterocycles. The third-order valence-electron chi connectivity index (χ3n) is 2.87. The van der Waals surface area contributed by atoms with E-state index in [-0.39, 0.29) is 11.9 Å². The lowest BCUT2D eigenvalue weighted by Crippen LogP contribution is -2.21. The van der Waals surface area contributed by atoms with Gasteiger partial charge in [-0.2, -0.15) is 0 Å². The maximum Gasteiger partial charge on any atom is 0.137 e. The summed E-state index contributed by atoms with van der Waals surface area (Å²) in [5.74, 6) is -0.212. The molecular weight excluding hydrogens is 259 g/mol. The molecular formula is C15H17FN2S. The average Bonchev–Trinajstić information content (AvgIpc) is 2.43. The highest BCUT2D eigenvalue weighted by Crippen LogP contribution is 2.28. The van der Waals surface area contributed by atoms with Crippen molar-refractivity contribution >= 4 is 11.8 Å². The highest BCUT2D eigenvalue weighted by Gasteiger charge is 2.08. The van der Waals surface area contributed by atoms with Gasteiger partial charge >= 0.3 is 0 Å². The van der Waals surface area contributed by atoms with Crippen molar-refractivity contribution in [2.45, 2.75) is 35.7 Å².